The summed E-state index contributed by atoms with van der Waals surface area (Å²) in [6.07, 6.45) is 2.25. The molecule has 80 heavy (non-hydrogen) atoms. The Labute approximate surface area is 478 Å². The van der Waals surface area contributed by atoms with Crippen molar-refractivity contribution in [2.24, 2.45) is 0 Å². The molecule has 0 unspecified atom stereocenters. The van der Waals surface area contributed by atoms with E-state index in [0.29, 0.717) is 0 Å². The third-order valence-electron chi connectivity index (χ3n) is 19.2. The van der Waals surface area contributed by atoms with Gasteiger partial charge in [-0.25, -0.2) is 0 Å². The second-order valence-corrected chi connectivity index (χ2v) is 28.1. The summed E-state index contributed by atoms with van der Waals surface area (Å²) >= 11 is 0. The molecule has 9 aromatic carbocycles. The van der Waals surface area contributed by atoms with Gasteiger partial charge >= 0.3 is 0 Å². The van der Waals surface area contributed by atoms with E-state index in [1.54, 1.807) is 0 Å². The zero-order valence-corrected chi connectivity index (χ0v) is 49.8. The summed E-state index contributed by atoms with van der Waals surface area (Å²) in [6.45, 7) is 33.8. The summed E-state index contributed by atoms with van der Waals surface area (Å²) in [5.41, 5.74) is 27.6. The van der Waals surface area contributed by atoms with E-state index in [1.807, 2.05) is 0 Å². The minimum absolute atomic E-state index is 0.00233. The standard InChI is InChI=1S/C76H78BN3/c1-71(2,3)50-34-37-54(38-35-50)79-63-40-36-51(72(4,5)6)44-61(63)77-62-47-59-60(76(13,14)57-33-25-24-32-56(57)75(59,11)12)48-65(62)80(64-41-39-58-69(68(64)49-26-18-15-19-27-49)74(9,10)43-42-73(58,7)8)67-46-55(45-66(79)70(67)77)78(52-28-20-16-21-29-52)53-30-22-17-23-31-53/h15-41,44-48H,42-43H2,1-14H3. The first kappa shape index (κ1) is 51.9. The molecule has 2 aliphatic heterocycles. The van der Waals surface area contributed by atoms with Crippen LogP contribution in [-0.4, -0.2) is 6.71 Å². The summed E-state index contributed by atoms with van der Waals surface area (Å²) in [7, 11) is 0. The van der Waals surface area contributed by atoms with Crippen LogP contribution in [0.25, 0.3) is 11.1 Å². The number of nitrogens with zero attached hydrogens (tertiary/aromatic N) is 3. The number of benzene rings is 9. The van der Waals surface area contributed by atoms with E-state index in [-0.39, 0.29) is 39.2 Å². The first-order valence-electron chi connectivity index (χ1n) is 29.4. The molecule has 2 aliphatic carbocycles. The Balaban J connectivity index is 1.23. The van der Waals surface area contributed by atoms with Gasteiger partial charge in [0.1, 0.15) is 0 Å². The Morgan fingerprint density at radius 2 is 0.875 bits per heavy atom. The van der Waals surface area contributed by atoms with Crippen LogP contribution in [-0.2, 0) is 32.5 Å². The van der Waals surface area contributed by atoms with E-state index in [1.165, 1.54) is 100 Å². The van der Waals surface area contributed by atoms with Crippen molar-refractivity contribution in [1.82, 2.24) is 0 Å². The van der Waals surface area contributed by atoms with Crippen LogP contribution >= 0.6 is 0 Å². The quantitative estimate of drug-likeness (QED) is 0.154. The largest absolute Gasteiger partial charge is 0.311 e. The van der Waals surface area contributed by atoms with Gasteiger partial charge in [-0.1, -0.05) is 224 Å². The van der Waals surface area contributed by atoms with Gasteiger partial charge < -0.3 is 14.7 Å². The Bertz CT molecular complexity index is 3870. The van der Waals surface area contributed by atoms with E-state index in [4.69, 9.17) is 0 Å². The maximum Gasteiger partial charge on any atom is 0.252 e. The maximum absolute atomic E-state index is 2.76. The van der Waals surface area contributed by atoms with Gasteiger partial charge in [-0.3, -0.25) is 0 Å². The van der Waals surface area contributed by atoms with Crippen LogP contribution in [0.4, 0.5) is 51.2 Å². The summed E-state index contributed by atoms with van der Waals surface area (Å²) in [6, 6.07) is 75.0. The van der Waals surface area contributed by atoms with Gasteiger partial charge in [-0.2, -0.15) is 0 Å². The van der Waals surface area contributed by atoms with Crippen molar-refractivity contribution in [3.05, 3.63) is 239 Å². The van der Waals surface area contributed by atoms with Crippen molar-refractivity contribution in [1.29, 1.82) is 0 Å². The molecule has 0 aromatic heterocycles. The summed E-state index contributed by atoms with van der Waals surface area (Å²) in [4.78, 5) is 7.85. The highest BCUT2D eigenvalue weighted by atomic mass is 15.2. The van der Waals surface area contributed by atoms with Gasteiger partial charge in [0.2, 0.25) is 0 Å². The first-order valence-corrected chi connectivity index (χ1v) is 29.4. The summed E-state index contributed by atoms with van der Waals surface area (Å²) < 4.78 is 0. The lowest BCUT2D eigenvalue weighted by atomic mass is 9.33. The number of hydrogen-bond donors (Lipinski definition) is 0. The molecule has 0 spiro atoms. The molecule has 0 amide bonds. The Kier molecular flexibility index (Phi) is 11.7. The molecule has 3 nitrogen and oxygen atoms in total. The molecule has 4 aliphatic rings. The van der Waals surface area contributed by atoms with Gasteiger partial charge in [0.05, 0.1) is 11.4 Å². The lowest BCUT2D eigenvalue weighted by molar-refractivity contribution is 0.333. The van der Waals surface area contributed by atoms with E-state index in [2.05, 4.69) is 306 Å². The molecule has 0 N–H and O–H groups in total. The van der Waals surface area contributed by atoms with Crippen molar-refractivity contribution in [3.8, 4) is 11.1 Å². The average molecular weight is 1040 g/mol. The lowest BCUT2D eigenvalue weighted by Crippen LogP contribution is -2.62. The predicted molar refractivity (Wildman–Crippen MR) is 344 cm³/mol. The van der Waals surface area contributed by atoms with Gasteiger partial charge in [0.25, 0.3) is 6.71 Å². The zero-order valence-electron chi connectivity index (χ0n) is 49.8. The molecule has 0 saturated carbocycles. The van der Waals surface area contributed by atoms with Gasteiger partial charge in [-0.15, -0.1) is 0 Å². The minimum Gasteiger partial charge on any atom is -0.311 e. The monoisotopic (exact) mass is 1040 g/mol. The molecule has 0 saturated heterocycles. The maximum atomic E-state index is 2.76. The highest BCUT2D eigenvalue weighted by Gasteiger charge is 2.50. The predicted octanol–water partition coefficient (Wildman–Crippen LogP) is 18.8. The fraction of sp³-hybridized carbons (Fsp3) is 0.289. The number of hydrogen-bond acceptors (Lipinski definition) is 3. The molecule has 2 heterocycles. The fourth-order valence-corrected chi connectivity index (χ4v) is 14.6. The molecule has 9 aromatic rings. The van der Waals surface area contributed by atoms with E-state index >= 15 is 0 Å². The van der Waals surface area contributed by atoms with Crippen LogP contribution < -0.4 is 31.1 Å². The van der Waals surface area contributed by atoms with Crippen LogP contribution in [0.5, 0.6) is 0 Å². The Hall–Kier alpha value is -7.56. The van der Waals surface area contributed by atoms with Gasteiger partial charge in [0.15, 0.2) is 0 Å². The van der Waals surface area contributed by atoms with Gasteiger partial charge in [0, 0.05) is 56.2 Å². The average Bonchev–Trinajstić information content (AvgIpc) is 3.16. The van der Waals surface area contributed by atoms with Crippen molar-refractivity contribution < 1.29 is 0 Å². The lowest BCUT2D eigenvalue weighted by Gasteiger charge is -2.49. The molecule has 400 valence electrons. The normalized spacial score (nSPS) is 16.9. The molecule has 0 radical (unpaired) electrons. The van der Waals surface area contributed by atoms with E-state index in [0.717, 1.165) is 35.6 Å². The molecule has 0 fully saturated rings. The molecule has 0 bridgehead atoms. The first-order chi connectivity index (χ1) is 38.0. The van der Waals surface area contributed by atoms with Crippen LogP contribution in [0.2, 0.25) is 0 Å². The van der Waals surface area contributed by atoms with E-state index < -0.39 is 0 Å². The van der Waals surface area contributed by atoms with Crippen molar-refractivity contribution in [3.63, 3.8) is 0 Å². The van der Waals surface area contributed by atoms with Crippen LogP contribution in [0.15, 0.2) is 194 Å². The SMILES string of the molecule is CC(C)(C)c1ccc(N2c3ccc(C(C)(C)C)cc3B3c4cc5c(cc4N(c4ccc6c(c4-c4ccccc4)C(C)(C)CCC6(C)C)c4cc(N(c6ccccc6)c6ccccc6)cc2c43)C(C)(C)c2ccccc2C5(C)C)cc1. The molecular weight excluding hydrogens is 966 g/mol. The van der Waals surface area contributed by atoms with Crippen molar-refractivity contribution in [2.45, 2.75) is 142 Å². The Morgan fingerprint density at radius 3 is 1.45 bits per heavy atom. The number of fused-ring (bicyclic) bond motifs is 7. The molecule has 4 heteroatoms. The zero-order chi connectivity index (χ0) is 56.1. The fourth-order valence-electron chi connectivity index (χ4n) is 14.6. The smallest absolute Gasteiger partial charge is 0.252 e. The van der Waals surface area contributed by atoms with Crippen LogP contribution in [0, 0.1) is 0 Å². The highest BCUT2D eigenvalue weighted by molar-refractivity contribution is 7.00. The number of para-hydroxylation sites is 2. The summed E-state index contributed by atoms with van der Waals surface area (Å²) in [5, 5.41) is 0. The molecule has 13 rings (SSSR count). The van der Waals surface area contributed by atoms with Crippen molar-refractivity contribution in [2.75, 3.05) is 14.7 Å². The van der Waals surface area contributed by atoms with E-state index in [9.17, 15) is 0 Å². The highest BCUT2D eigenvalue weighted by Crippen LogP contribution is 2.58. The van der Waals surface area contributed by atoms with Crippen LogP contribution in [0.3, 0.4) is 0 Å². The summed E-state index contributed by atoms with van der Waals surface area (Å²) in [5.74, 6) is 0. The molecular formula is C76H78BN3. The Morgan fingerprint density at radius 1 is 0.388 bits per heavy atom. The molecule has 0 atom stereocenters. The van der Waals surface area contributed by atoms with Crippen LogP contribution in [0.1, 0.15) is 154 Å². The van der Waals surface area contributed by atoms with Gasteiger partial charge in [-0.05, 0) is 168 Å². The number of rotatable bonds is 6. The third kappa shape index (κ3) is 7.97. The second kappa shape index (κ2) is 18.0. The topological polar surface area (TPSA) is 9.72 Å². The second-order valence-electron chi connectivity index (χ2n) is 28.1. The number of anilines is 9. The minimum atomic E-state index is -0.281. The van der Waals surface area contributed by atoms with Crippen molar-refractivity contribution >= 4 is 74.3 Å². The third-order valence-corrected chi connectivity index (χ3v) is 19.2.